The average molecular weight is 354 g/mol. The minimum atomic E-state index is 0.432. The molecule has 0 spiro atoms. The lowest BCUT2D eigenvalue weighted by Crippen LogP contribution is -1.91. The van der Waals surface area contributed by atoms with Crippen molar-refractivity contribution in [2.45, 2.75) is 0 Å². The third-order valence-electron chi connectivity index (χ3n) is 2.69. The van der Waals surface area contributed by atoms with E-state index in [9.17, 15) is 0 Å². The molecule has 0 aliphatic rings. The molecule has 0 fully saturated rings. The van der Waals surface area contributed by atoms with Crippen LogP contribution in [0.25, 0.3) is 22.3 Å². The Labute approximate surface area is 128 Å². The topological polar surface area (TPSA) is 25.8 Å². The highest BCUT2D eigenvalue weighted by atomic mass is 79.9. The van der Waals surface area contributed by atoms with Crippen LogP contribution in [0.15, 0.2) is 46.9 Å². The predicted molar refractivity (Wildman–Crippen MR) is 82.7 cm³/mol. The molecule has 0 aliphatic carbocycles. The van der Waals surface area contributed by atoms with Gasteiger partial charge in [-0.3, -0.25) is 0 Å². The summed E-state index contributed by atoms with van der Waals surface area (Å²) in [5.41, 5.74) is 1.65. The van der Waals surface area contributed by atoms with E-state index in [1.54, 1.807) is 0 Å². The first-order valence-corrected chi connectivity index (χ1v) is 7.07. The number of nitrogens with zero attached hydrogens (tertiary/aromatic N) is 2. The predicted octanol–water partition coefficient (Wildman–Crippen LogP) is 5.37. The van der Waals surface area contributed by atoms with Gasteiger partial charge in [0.15, 0.2) is 5.82 Å². The van der Waals surface area contributed by atoms with Gasteiger partial charge in [-0.1, -0.05) is 51.3 Å². The zero-order valence-corrected chi connectivity index (χ0v) is 12.7. The number of hydrogen-bond donors (Lipinski definition) is 0. The molecular formula is C14H7BrCl2N2. The van der Waals surface area contributed by atoms with Crippen molar-refractivity contribution in [2.75, 3.05) is 0 Å². The quantitative estimate of drug-likeness (QED) is 0.550. The van der Waals surface area contributed by atoms with E-state index in [1.807, 2.05) is 42.5 Å². The number of rotatable bonds is 1. The van der Waals surface area contributed by atoms with Crippen LogP contribution in [0.3, 0.4) is 0 Å². The van der Waals surface area contributed by atoms with E-state index in [4.69, 9.17) is 23.2 Å². The van der Waals surface area contributed by atoms with Gasteiger partial charge in [0.05, 0.1) is 5.52 Å². The van der Waals surface area contributed by atoms with E-state index in [0.29, 0.717) is 16.0 Å². The van der Waals surface area contributed by atoms with E-state index in [0.717, 1.165) is 20.9 Å². The fourth-order valence-corrected chi connectivity index (χ4v) is 2.60. The van der Waals surface area contributed by atoms with Gasteiger partial charge in [0, 0.05) is 20.4 Å². The van der Waals surface area contributed by atoms with Crippen molar-refractivity contribution in [3.05, 3.63) is 57.1 Å². The fourth-order valence-electron chi connectivity index (χ4n) is 1.82. The van der Waals surface area contributed by atoms with Gasteiger partial charge >= 0.3 is 0 Å². The van der Waals surface area contributed by atoms with Gasteiger partial charge in [0.2, 0.25) is 0 Å². The summed E-state index contributed by atoms with van der Waals surface area (Å²) in [5.74, 6) is 0.572. The smallest absolute Gasteiger partial charge is 0.161 e. The Hall–Kier alpha value is -1.16. The molecule has 2 nitrogen and oxygen atoms in total. The van der Waals surface area contributed by atoms with Crippen molar-refractivity contribution >= 4 is 50.0 Å². The molecule has 19 heavy (non-hydrogen) atoms. The SMILES string of the molecule is Clc1cccc(-c2nc(Cl)c3cc(Br)ccc3n2)c1. The molecule has 3 rings (SSSR count). The van der Waals surface area contributed by atoms with Gasteiger partial charge in [0.1, 0.15) is 5.15 Å². The molecule has 0 saturated heterocycles. The lowest BCUT2D eigenvalue weighted by atomic mass is 10.2. The Balaban J connectivity index is 2.24. The first-order valence-electron chi connectivity index (χ1n) is 5.52. The standard InChI is InChI=1S/C14H7BrCl2N2/c15-9-4-5-12-11(7-9)13(17)19-14(18-12)8-2-1-3-10(16)6-8/h1-7H. The van der Waals surface area contributed by atoms with Crippen molar-refractivity contribution in [3.63, 3.8) is 0 Å². The summed E-state index contributed by atoms with van der Waals surface area (Å²) in [7, 11) is 0. The molecule has 0 bridgehead atoms. The second-order valence-electron chi connectivity index (χ2n) is 4.01. The van der Waals surface area contributed by atoms with Gasteiger partial charge in [-0.15, -0.1) is 0 Å². The summed E-state index contributed by atoms with van der Waals surface area (Å²) < 4.78 is 0.945. The van der Waals surface area contributed by atoms with Gasteiger partial charge in [-0.05, 0) is 30.3 Å². The molecule has 1 aromatic heterocycles. The summed E-state index contributed by atoms with van der Waals surface area (Å²) in [4.78, 5) is 8.84. The highest BCUT2D eigenvalue weighted by Gasteiger charge is 2.08. The van der Waals surface area contributed by atoms with Gasteiger partial charge < -0.3 is 0 Å². The summed E-state index contributed by atoms with van der Waals surface area (Å²) in [6, 6.07) is 13.1. The van der Waals surface area contributed by atoms with E-state index in [-0.39, 0.29) is 0 Å². The number of halogens is 3. The van der Waals surface area contributed by atoms with Crippen molar-refractivity contribution in [2.24, 2.45) is 0 Å². The van der Waals surface area contributed by atoms with Crippen molar-refractivity contribution < 1.29 is 0 Å². The number of fused-ring (bicyclic) bond motifs is 1. The summed E-state index contributed by atoms with van der Waals surface area (Å²) >= 11 is 15.6. The second-order valence-corrected chi connectivity index (χ2v) is 5.72. The van der Waals surface area contributed by atoms with Crippen LogP contribution in [0, 0.1) is 0 Å². The molecule has 0 N–H and O–H groups in total. The van der Waals surface area contributed by atoms with E-state index >= 15 is 0 Å². The Morgan fingerprint density at radius 2 is 1.79 bits per heavy atom. The molecule has 94 valence electrons. The fraction of sp³-hybridized carbons (Fsp3) is 0. The molecule has 5 heteroatoms. The van der Waals surface area contributed by atoms with Crippen LogP contribution in [-0.2, 0) is 0 Å². The summed E-state index contributed by atoms with van der Waals surface area (Å²) in [6.45, 7) is 0. The minimum absolute atomic E-state index is 0.432. The zero-order chi connectivity index (χ0) is 13.4. The Morgan fingerprint density at radius 3 is 2.58 bits per heavy atom. The summed E-state index contributed by atoms with van der Waals surface area (Å²) in [6.07, 6.45) is 0. The first-order chi connectivity index (χ1) is 9.13. The maximum atomic E-state index is 6.22. The van der Waals surface area contributed by atoms with E-state index in [1.165, 1.54) is 0 Å². The Morgan fingerprint density at radius 1 is 0.947 bits per heavy atom. The molecule has 0 atom stereocenters. The van der Waals surface area contributed by atoms with Crippen LogP contribution in [-0.4, -0.2) is 9.97 Å². The second kappa shape index (κ2) is 5.08. The normalized spacial score (nSPS) is 10.9. The maximum absolute atomic E-state index is 6.22. The van der Waals surface area contributed by atoms with Crippen molar-refractivity contribution in [3.8, 4) is 11.4 Å². The third-order valence-corrected chi connectivity index (χ3v) is 3.71. The van der Waals surface area contributed by atoms with Crippen LogP contribution < -0.4 is 0 Å². The molecule has 0 radical (unpaired) electrons. The molecule has 0 amide bonds. The van der Waals surface area contributed by atoms with Crippen LogP contribution in [0.2, 0.25) is 10.2 Å². The minimum Gasteiger partial charge on any atom is -0.228 e. The highest BCUT2D eigenvalue weighted by Crippen LogP contribution is 2.28. The largest absolute Gasteiger partial charge is 0.228 e. The molecule has 1 heterocycles. The highest BCUT2D eigenvalue weighted by molar-refractivity contribution is 9.10. The molecule has 3 aromatic rings. The van der Waals surface area contributed by atoms with E-state index in [2.05, 4.69) is 25.9 Å². The molecule has 0 unspecified atom stereocenters. The lowest BCUT2D eigenvalue weighted by Gasteiger charge is -2.05. The van der Waals surface area contributed by atoms with Gasteiger partial charge in [-0.2, -0.15) is 0 Å². The third kappa shape index (κ3) is 2.59. The first kappa shape index (κ1) is 12.9. The molecule has 0 aliphatic heterocycles. The van der Waals surface area contributed by atoms with Gasteiger partial charge in [-0.25, -0.2) is 9.97 Å². The number of hydrogen-bond acceptors (Lipinski definition) is 2. The van der Waals surface area contributed by atoms with Crippen LogP contribution in [0.4, 0.5) is 0 Å². The molecular weight excluding hydrogens is 347 g/mol. The van der Waals surface area contributed by atoms with Crippen molar-refractivity contribution in [1.29, 1.82) is 0 Å². The molecule has 2 aromatic carbocycles. The van der Waals surface area contributed by atoms with Gasteiger partial charge in [0.25, 0.3) is 0 Å². The zero-order valence-electron chi connectivity index (χ0n) is 9.57. The molecule has 0 saturated carbocycles. The lowest BCUT2D eigenvalue weighted by molar-refractivity contribution is 1.23. The van der Waals surface area contributed by atoms with Crippen LogP contribution >= 0.6 is 39.1 Å². The number of aromatic nitrogens is 2. The Bertz CT molecular complexity index is 774. The van der Waals surface area contributed by atoms with Crippen LogP contribution in [0.1, 0.15) is 0 Å². The van der Waals surface area contributed by atoms with Crippen LogP contribution in [0.5, 0.6) is 0 Å². The maximum Gasteiger partial charge on any atom is 0.161 e. The average Bonchev–Trinajstić information content (AvgIpc) is 2.39. The summed E-state index contributed by atoms with van der Waals surface area (Å²) in [5, 5.41) is 1.90. The Kier molecular flexibility index (Phi) is 3.44. The monoisotopic (exact) mass is 352 g/mol. The van der Waals surface area contributed by atoms with Crippen molar-refractivity contribution in [1.82, 2.24) is 9.97 Å². The van der Waals surface area contributed by atoms with E-state index < -0.39 is 0 Å². The number of benzene rings is 2.